The van der Waals surface area contributed by atoms with E-state index < -0.39 is 5.97 Å². The number of hydrogen-bond acceptors (Lipinski definition) is 4. The van der Waals surface area contributed by atoms with Gasteiger partial charge in [-0.3, -0.25) is 9.59 Å². The van der Waals surface area contributed by atoms with Crippen LogP contribution >= 0.6 is 27.3 Å². The van der Waals surface area contributed by atoms with E-state index >= 15 is 0 Å². The molecular weight excluding hydrogens is 354 g/mol. The van der Waals surface area contributed by atoms with Crippen molar-refractivity contribution in [3.8, 4) is 0 Å². The number of amides is 1. The third-order valence-electron chi connectivity index (χ3n) is 2.73. The van der Waals surface area contributed by atoms with E-state index in [4.69, 9.17) is 4.74 Å². The third-order valence-corrected chi connectivity index (χ3v) is 4.10. The summed E-state index contributed by atoms with van der Waals surface area (Å²) >= 11 is 4.85. The summed E-state index contributed by atoms with van der Waals surface area (Å²) in [6.45, 7) is 1.61. The highest BCUT2D eigenvalue weighted by molar-refractivity contribution is 9.10. The van der Waals surface area contributed by atoms with Crippen LogP contribution in [-0.2, 0) is 20.7 Å². The first-order valence-electron chi connectivity index (χ1n) is 6.28. The molecule has 110 valence electrons. The van der Waals surface area contributed by atoms with E-state index in [0.717, 1.165) is 14.9 Å². The van der Waals surface area contributed by atoms with Crippen LogP contribution in [0.1, 0.15) is 10.4 Å². The average molecular weight is 368 g/mol. The molecule has 4 nitrogen and oxygen atoms in total. The molecule has 0 aliphatic carbocycles. The highest BCUT2D eigenvalue weighted by atomic mass is 79.9. The number of carbonyl (C=O) groups is 2. The van der Waals surface area contributed by atoms with Crippen LogP contribution in [0.2, 0.25) is 0 Å². The average Bonchev–Trinajstić information content (AvgIpc) is 2.92. The summed E-state index contributed by atoms with van der Waals surface area (Å²) in [6.07, 6.45) is 0.197. The highest BCUT2D eigenvalue weighted by Crippen LogP contribution is 2.19. The summed E-state index contributed by atoms with van der Waals surface area (Å²) in [5, 5.41) is 4.61. The van der Waals surface area contributed by atoms with Crippen LogP contribution in [0.25, 0.3) is 0 Å². The molecule has 0 aliphatic heterocycles. The number of anilines is 1. The molecule has 0 spiro atoms. The van der Waals surface area contributed by atoms with Gasteiger partial charge in [0.05, 0.1) is 6.42 Å². The molecule has 1 amide bonds. The molecular formula is C15H14BrNO3S. The largest absolute Gasteiger partial charge is 0.455 e. The summed E-state index contributed by atoms with van der Waals surface area (Å²) in [5.41, 5.74) is 1.64. The summed E-state index contributed by atoms with van der Waals surface area (Å²) < 4.78 is 5.90. The van der Waals surface area contributed by atoms with Crippen molar-refractivity contribution in [2.45, 2.75) is 13.3 Å². The van der Waals surface area contributed by atoms with Crippen LogP contribution in [0, 0.1) is 6.92 Å². The molecule has 0 saturated heterocycles. The minimum absolute atomic E-state index is 0.197. The Kier molecular flexibility index (Phi) is 5.52. The molecule has 0 radical (unpaired) electrons. The van der Waals surface area contributed by atoms with E-state index in [1.807, 2.05) is 36.6 Å². The lowest BCUT2D eigenvalue weighted by Gasteiger charge is -2.09. The zero-order valence-electron chi connectivity index (χ0n) is 11.4. The predicted octanol–water partition coefficient (Wildman–Crippen LogP) is 3.54. The van der Waals surface area contributed by atoms with Crippen molar-refractivity contribution >= 4 is 44.8 Å². The van der Waals surface area contributed by atoms with Crippen LogP contribution in [0.4, 0.5) is 5.69 Å². The van der Waals surface area contributed by atoms with E-state index in [0.29, 0.717) is 5.69 Å². The van der Waals surface area contributed by atoms with Crippen LogP contribution in [0.5, 0.6) is 0 Å². The summed E-state index contributed by atoms with van der Waals surface area (Å²) in [4.78, 5) is 24.3. The molecule has 0 aliphatic rings. The molecule has 1 N–H and O–H groups in total. The SMILES string of the molecule is Cc1cc(Br)ccc1NC(=O)COC(=O)Cc1cccs1. The lowest BCUT2D eigenvalue weighted by Crippen LogP contribution is -2.21. The quantitative estimate of drug-likeness (QED) is 0.822. The molecule has 1 aromatic heterocycles. The summed E-state index contributed by atoms with van der Waals surface area (Å²) in [6, 6.07) is 9.27. The molecule has 21 heavy (non-hydrogen) atoms. The molecule has 6 heteroatoms. The number of aryl methyl sites for hydroxylation is 1. The van der Waals surface area contributed by atoms with Crippen molar-refractivity contribution in [3.05, 3.63) is 50.6 Å². The van der Waals surface area contributed by atoms with Crippen LogP contribution in [-0.4, -0.2) is 18.5 Å². The van der Waals surface area contributed by atoms with Gasteiger partial charge in [-0.25, -0.2) is 0 Å². The maximum Gasteiger partial charge on any atom is 0.311 e. The Morgan fingerprint density at radius 1 is 1.33 bits per heavy atom. The molecule has 0 bridgehead atoms. The van der Waals surface area contributed by atoms with Crippen LogP contribution in [0.3, 0.4) is 0 Å². The number of nitrogens with one attached hydrogen (secondary N) is 1. The Balaban J connectivity index is 1.80. The number of carbonyl (C=O) groups excluding carboxylic acids is 2. The van der Waals surface area contributed by atoms with E-state index in [1.165, 1.54) is 11.3 Å². The van der Waals surface area contributed by atoms with Gasteiger partial charge in [0.2, 0.25) is 0 Å². The fourth-order valence-electron chi connectivity index (χ4n) is 1.71. The molecule has 2 aromatic rings. The van der Waals surface area contributed by atoms with E-state index in [2.05, 4.69) is 21.2 Å². The van der Waals surface area contributed by atoms with Crippen molar-refractivity contribution in [1.82, 2.24) is 0 Å². The lowest BCUT2D eigenvalue weighted by atomic mass is 10.2. The highest BCUT2D eigenvalue weighted by Gasteiger charge is 2.10. The van der Waals surface area contributed by atoms with Gasteiger partial charge in [-0.1, -0.05) is 22.0 Å². The molecule has 1 heterocycles. The van der Waals surface area contributed by atoms with Gasteiger partial charge in [-0.2, -0.15) is 0 Å². The number of benzene rings is 1. The standard InChI is InChI=1S/C15H14BrNO3S/c1-10-7-11(16)4-5-13(10)17-14(18)9-20-15(19)8-12-3-2-6-21-12/h2-7H,8-9H2,1H3,(H,17,18). The molecule has 0 fully saturated rings. The zero-order valence-corrected chi connectivity index (χ0v) is 13.8. The fourth-order valence-corrected chi connectivity index (χ4v) is 2.87. The third kappa shape index (κ3) is 4.99. The van der Waals surface area contributed by atoms with E-state index in [1.54, 1.807) is 6.07 Å². The van der Waals surface area contributed by atoms with Gasteiger partial charge in [-0.05, 0) is 42.1 Å². The topological polar surface area (TPSA) is 55.4 Å². The summed E-state index contributed by atoms with van der Waals surface area (Å²) in [7, 11) is 0. The van der Waals surface area contributed by atoms with Crippen molar-refractivity contribution in [2.24, 2.45) is 0 Å². The molecule has 0 unspecified atom stereocenters. The van der Waals surface area contributed by atoms with Crippen LogP contribution < -0.4 is 5.32 Å². The van der Waals surface area contributed by atoms with Crippen LogP contribution in [0.15, 0.2) is 40.2 Å². The van der Waals surface area contributed by atoms with Gasteiger partial charge in [-0.15, -0.1) is 11.3 Å². The van der Waals surface area contributed by atoms with Crippen molar-refractivity contribution in [2.75, 3.05) is 11.9 Å². The number of esters is 1. The van der Waals surface area contributed by atoms with Gasteiger partial charge in [0, 0.05) is 15.0 Å². The number of rotatable bonds is 5. The maximum atomic E-state index is 11.8. The Bertz CT molecular complexity index is 640. The normalized spacial score (nSPS) is 10.2. The number of halogens is 1. The minimum Gasteiger partial charge on any atom is -0.455 e. The smallest absolute Gasteiger partial charge is 0.311 e. The number of hydrogen-bond donors (Lipinski definition) is 1. The Morgan fingerprint density at radius 3 is 2.81 bits per heavy atom. The monoisotopic (exact) mass is 367 g/mol. The first-order valence-corrected chi connectivity index (χ1v) is 7.96. The molecule has 0 saturated carbocycles. The van der Waals surface area contributed by atoms with Crippen molar-refractivity contribution in [1.29, 1.82) is 0 Å². The van der Waals surface area contributed by atoms with Crippen molar-refractivity contribution < 1.29 is 14.3 Å². The first-order chi connectivity index (χ1) is 10.0. The molecule has 2 rings (SSSR count). The first kappa shape index (κ1) is 15.7. The summed E-state index contributed by atoms with van der Waals surface area (Å²) in [5.74, 6) is -0.750. The maximum absolute atomic E-state index is 11.8. The molecule has 1 aromatic carbocycles. The van der Waals surface area contributed by atoms with Gasteiger partial charge < -0.3 is 10.1 Å². The second kappa shape index (κ2) is 7.38. The number of ether oxygens (including phenoxy) is 1. The minimum atomic E-state index is -0.403. The lowest BCUT2D eigenvalue weighted by molar-refractivity contribution is -0.146. The zero-order chi connectivity index (χ0) is 15.2. The van der Waals surface area contributed by atoms with Crippen molar-refractivity contribution in [3.63, 3.8) is 0 Å². The Morgan fingerprint density at radius 2 is 2.14 bits per heavy atom. The number of thiophene rings is 1. The van der Waals surface area contributed by atoms with Gasteiger partial charge in [0.25, 0.3) is 5.91 Å². The second-order valence-electron chi connectivity index (χ2n) is 4.42. The van der Waals surface area contributed by atoms with E-state index in [-0.39, 0.29) is 18.9 Å². The van der Waals surface area contributed by atoms with Gasteiger partial charge >= 0.3 is 5.97 Å². The second-order valence-corrected chi connectivity index (χ2v) is 6.37. The van der Waals surface area contributed by atoms with E-state index in [9.17, 15) is 9.59 Å². The van der Waals surface area contributed by atoms with Gasteiger partial charge in [0.1, 0.15) is 0 Å². The Hall–Kier alpha value is -1.66. The Labute approximate surface area is 135 Å². The van der Waals surface area contributed by atoms with Gasteiger partial charge in [0.15, 0.2) is 6.61 Å². The predicted molar refractivity (Wildman–Crippen MR) is 86.5 cm³/mol. The molecule has 0 atom stereocenters. The fraction of sp³-hybridized carbons (Fsp3) is 0.200.